The molecular weight excluding hydrogens is 240 g/mol. The quantitative estimate of drug-likeness (QED) is 0.686. The van der Waals surface area contributed by atoms with Gasteiger partial charge < -0.3 is 4.90 Å². The molecule has 2 fully saturated rings. The molecule has 6 heteroatoms. The van der Waals surface area contributed by atoms with Crippen LogP contribution in [-0.2, 0) is 14.8 Å². The van der Waals surface area contributed by atoms with Crippen LogP contribution in [0.4, 0.5) is 0 Å². The Morgan fingerprint density at radius 2 is 1.76 bits per heavy atom. The van der Waals surface area contributed by atoms with Crippen molar-refractivity contribution >= 4 is 15.9 Å². The van der Waals surface area contributed by atoms with E-state index in [2.05, 4.69) is 0 Å². The van der Waals surface area contributed by atoms with Crippen molar-refractivity contribution in [1.29, 1.82) is 0 Å². The van der Waals surface area contributed by atoms with Crippen molar-refractivity contribution in [3.8, 4) is 0 Å². The summed E-state index contributed by atoms with van der Waals surface area (Å²) in [5.74, 6) is 0.0458. The van der Waals surface area contributed by atoms with E-state index in [0.717, 1.165) is 32.2 Å². The molecule has 0 aromatic carbocycles. The smallest absolute Gasteiger partial charge is 0.219 e. The number of carbonyl (C=O) groups is 1. The maximum absolute atomic E-state index is 11.8. The monoisotopic (exact) mass is 260 g/mol. The highest BCUT2D eigenvalue weighted by Gasteiger charge is 2.48. The van der Waals surface area contributed by atoms with Crippen LogP contribution < -0.4 is 0 Å². The maximum atomic E-state index is 11.8. The van der Waals surface area contributed by atoms with E-state index in [1.807, 2.05) is 0 Å². The average molecular weight is 260 g/mol. The molecule has 98 valence electrons. The summed E-state index contributed by atoms with van der Waals surface area (Å²) in [6.07, 6.45) is 4.82. The minimum atomic E-state index is -3.16. The van der Waals surface area contributed by atoms with Gasteiger partial charge in [-0.25, -0.2) is 8.42 Å². The van der Waals surface area contributed by atoms with Crippen molar-refractivity contribution in [1.82, 2.24) is 9.21 Å². The molecule has 1 spiro atoms. The van der Waals surface area contributed by atoms with Crippen molar-refractivity contribution in [3.05, 3.63) is 0 Å². The molecule has 1 atom stereocenters. The van der Waals surface area contributed by atoms with E-state index in [1.165, 1.54) is 6.26 Å². The highest BCUT2D eigenvalue weighted by atomic mass is 32.2. The fourth-order valence-electron chi connectivity index (χ4n) is 3.22. The molecule has 0 aromatic rings. The predicted molar refractivity (Wildman–Crippen MR) is 65.0 cm³/mol. The van der Waals surface area contributed by atoms with Crippen LogP contribution in [0, 0.1) is 0 Å². The van der Waals surface area contributed by atoms with Gasteiger partial charge in [0.05, 0.1) is 11.8 Å². The zero-order valence-corrected chi connectivity index (χ0v) is 11.3. The van der Waals surface area contributed by atoms with Gasteiger partial charge in [0.15, 0.2) is 0 Å². The number of nitrogens with zero attached hydrogens (tertiary/aromatic N) is 2. The molecule has 1 amide bonds. The molecule has 0 aliphatic carbocycles. The molecule has 0 bridgehead atoms. The van der Waals surface area contributed by atoms with E-state index in [4.69, 9.17) is 0 Å². The van der Waals surface area contributed by atoms with Crippen molar-refractivity contribution in [2.45, 2.75) is 38.1 Å². The second-order valence-corrected chi connectivity index (χ2v) is 7.11. The van der Waals surface area contributed by atoms with Gasteiger partial charge in [0.25, 0.3) is 0 Å². The minimum absolute atomic E-state index is 0.0458. The Bertz CT molecular complexity index is 420. The Kier molecular flexibility index (Phi) is 3.20. The van der Waals surface area contributed by atoms with Crippen molar-refractivity contribution in [2.75, 3.05) is 25.9 Å². The zero-order chi connectivity index (χ0) is 12.7. The minimum Gasteiger partial charge on any atom is -0.341 e. The molecule has 2 saturated heterocycles. The van der Waals surface area contributed by atoms with Gasteiger partial charge >= 0.3 is 0 Å². The lowest BCUT2D eigenvalue weighted by atomic mass is 9.87. The van der Waals surface area contributed by atoms with Crippen LogP contribution >= 0.6 is 0 Å². The van der Waals surface area contributed by atoms with E-state index in [9.17, 15) is 13.2 Å². The molecule has 5 nitrogen and oxygen atoms in total. The second kappa shape index (κ2) is 4.24. The summed E-state index contributed by atoms with van der Waals surface area (Å²) in [4.78, 5) is 13.2. The first-order valence-electron chi connectivity index (χ1n) is 6.08. The van der Waals surface area contributed by atoms with Crippen LogP contribution in [-0.4, -0.2) is 55.0 Å². The van der Waals surface area contributed by atoms with Crippen molar-refractivity contribution in [2.24, 2.45) is 0 Å². The average Bonchev–Trinajstić information content (AvgIpc) is 2.61. The van der Waals surface area contributed by atoms with Crippen molar-refractivity contribution in [3.63, 3.8) is 0 Å². The Labute approximate surface area is 103 Å². The summed E-state index contributed by atoms with van der Waals surface area (Å²) in [6.45, 7) is 3.48. The number of rotatable bonds is 1. The largest absolute Gasteiger partial charge is 0.341 e. The number of sulfonamides is 1. The summed E-state index contributed by atoms with van der Waals surface area (Å²) in [7, 11) is -3.16. The summed E-state index contributed by atoms with van der Waals surface area (Å²) in [6, 6.07) is 0. The van der Waals surface area contributed by atoms with Crippen LogP contribution in [0.2, 0.25) is 0 Å². The van der Waals surface area contributed by atoms with Crippen LogP contribution in [0.3, 0.4) is 0 Å². The van der Waals surface area contributed by atoms with Crippen LogP contribution in [0.15, 0.2) is 0 Å². The van der Waals surface area contributed by atoms with E-state index in [-0.39, 0.29) is 11.4 Å². The first-order valence-corrected chi connectivity index (χ1v) is 7.93. The van der Waals surface area contributed by atoms with Gasteiger partial charge in [-0.2, -0.15) is 4.31 Å². The molecule has 2 rings (SSSR count). The number of hydrogen-bond donors (Lipinski definition) is 0. The van der Waals surface area contributed by atoms with E-state index < -0.39 is 10.0 Å². The van der Waals surface area contributed by atoms with Gasteiger partial charge in [-0.1, -0.05) is 0 Å². The summed E-state index contributed by atoms with van der Waals surface area (Å²) in [5.41, 5.74) is -0.322. The van der Waals surface area contributed by atoms with Gasteiger partial charge in [0, 0.05) is 26.6 Å². The molecule has 0 saturated carbocycles. The van der Waals surface area contributed by atoms with Gasteiger partial charge in [0.2, 0.25) is 15.9 Å². The fourth-order valence-corrected chi connectivity index (χ4v) is 4.62. The molecule has 0 aromatic heterocycles. The van der Waals surface area contributed by atoms with Crippen molar-refractivity contribution < 1.29 is 13.2 Å². The molecule has 0 radical (unpaired) electrons. The number of hydrogen-bond acceptors (Lipinski definition) is 3. The topological polar surface area (TPSA) is 57.7 Å². The van der Waals surface area contributed by atoms with Gasteiger partial charge in [-0.05, 0) is 25.7 Å². The Morgan fingerprint density at radius 3 is 2.29 bits per heavy atom. The third-order valence-corrected chi connectivity index (χ3v) is 5.30. The molecule has 1 unspecified atom stereocenters. The standard InChI is InChI=1S/C11H20N2O3S/c1-10(14)12-7-3-5-11(9-12)6-4-8-13(11)17(2,15)16/h3-9H2,1-2H3. The number of piperidine rings is 1. The molecule has 2 heterocycles. The number of carbonyl (C=O) groups excluding carboxylic acids is 1. The predicted octanol–water partition coefficient (Wildman–Crippen LogP) is 0.423. The number of likely N-dealkylation sites (tertiary alicyclic amines) is 1. The van der Waals surface area contributed by atoms with Crippen LogP contribution in [0.5, 0.6) is 0 Å². The third-order valence-electron chi connectivity index (χ3n) is 3.93. The lowest BCUT2D eigenvalue weighted by Gasteiger charge is -2.44. The summed E-state index contributed by atoms with van der Waals surface area (Å²) < 4.78 is 25.2. The maximum Gasteiger partial charge on any atom is 0.219 e. The molecule has 2 aliphatic rings. The molecular formula is C11H20N2O3S. The molecule has 2 aliphatic heterocycles. The Balaban J connectivity index is 2.25. The van der Waals surface area contributed by atoms with Crippen LogP contribution in [0.1, 0.15) is 32.6 Å². The van der Waals surface area contributed by atoms with Gasteiger partial charge in [-0.3, -0.25) is 4.79 Å². The molecule has 17 heavy (non-hydrogen) atoms. The van der Waals surface area contributed by atoms with Gasteiger partial charge in [0.1, 0.15) is 0 Å². The van der Waals surface area contributed by atoms with E-state index >= 15 is 0 Å². The summed E-state index contributed by atoms with van der Waals surface area (Å²) >= 11 is 0. The summed E-state index contributed by atoms with van der Waals surface area (Å²) in [5, 5.41) is 0. The fraction of sp³-hybridized carbons (Fsp3) is 0.909. The highest BCUT2D eigenvalue weighted by Crippen LogP contribution is 2.38. The Morgan fingerprint density at radius 1 is 1.18 bits per heavy atom. The SMILES string of the molecule is CC(=O)N1CCCC2(CCCN2S(C)(=O)=O)C1. The third kappa shape index (κ3) is 2.33. The lowest BCUT2D eigenvalue weighted by Crippen LogP contribution is -2.57. The highest BCUT2D eigenvalue weighted by molar-refractivity contribution is 7.88. The number of amides is 1. The normalized spacial score (nSPS) is 31.1. The first-order chi connectivity index (χ1) is 7.85. The zero-order valence-electron chi connectivity index (χ0n) is 10.5. The Hall–Kier alpha value is -0.620. The van der Waals surface area contributed by atoms with E-state index in [1.54, 1.807) is 16.1 Å². The van der Waals surface area contributed by atoms with Gasteiger partial charge in [-0.15, -0.1) is 0 Å². The lowest BCUT2D eigenvalue weighted by molar-refractivity contribution is -0.131. The van der Waals surface area contributed by atoms with E-state index in [0.29, 0.717) is 13.1 Å². The first kappa shape index (κ1) is 12.8. The van der Waals surface area contributed by atoms with Crippen LogP contribution in [0.25, 0.3) is 0 Å². The molecule has 0 N–H and O–H groups in total. The second-order valence-electron chi connectivity index (χ2n) is 5.21.